The van der Waals surface area contributed by atoms with Gasteiger partial charge in [-0.1, -0.05) is 78.9 Å². The molecule has 1 amide bonds. The summed E-state index contributed by atoms with van der Waals surface area (Å²) in [6, 6.07) is 0. The van der Waals surface area contributed by atoms with Crippen LogP contribution in [0.25, 0.3) is 0 Å². The molecule has 0 aromatic carbocycles. The molecule has 4 heteroatoms. The summed E-state index contributed by atoms with van der Waals surface area (Å²) in [6.45, 7) is 14.6. The molecule has 0 bridgehead atoms. The molecule has 3 saturated carbocycles. The van der Waals surface area contributed by atoms with Gasteiger partial charge in [-0.3, -0.25) is 0 Å². The van der Waals surface area contributed by atoms with Crippen LogP contribution in [-0.2, 0) is 4.74 Å². The summed E-state index contributed by atoms with van der Waals surface area (Å²) in [7, 11) is 0. The first-order valence-electron chi connectivity index (χ1n) is 14.9. The molecular weight excluding hydrogens is 434 g/mol. The molecule has 0 aromatic rings. The molecule has 35 heavy (non-hydrogen) atoms. The van der Waals surface area contributed by atoms with Crippen molar-refractivity contribution in [2.75, 3.05) is 13.2 Å². The Balaban J connectivity index is 0.000000371. The number of nitrogens with one attached hydrogen (secondary N) is 1. The fraction of sp³-hybridized carbons (Fsp3) is 0.903. The highest BCUT2D eigenvalue weighted by Crippen LogP contribution is 2.66. The van der Waals surface area contributed by atoms with Crippen molar-refractivity contribution in [3.8, 4) is 0 Å². The molecule has 8 unspecified atom stereocenters. The second kappa shape index (κ2) is 12.5. The molecule has 4 rings (SSSR count). The fourth-order valence-electron chi connectivity index (χ4n) is 8.10. The number of fused-ring (bicyclic) bond motifs is 5. The Labute approximate surface area is 216 Å². The van der Waals surface area contributed by atoms with Crippen LogP contribution < -0.4 is 5.32 Å². The summed E-state index contributed by atoms with van der Waals surface area (Å²) in [5.41, 5.74) is 2.41. The van der Waals surface area contributed by atoms with Gasteiger partial charge in [-0.15, -0.1) is 0 Å². The molecule has 0 radical (unpaired) electrons. The summed E-state index contributed by atoms with van der Waals surface area (Å²) in [4.78, 5) is 11.9. The number of unbranched alkanes of at least 4 members (excludes halogenated alkanes) is 1. The van der Waals surface area contributed by atoms with Crippen molar-refractivity contribution in [1.82, 2.24) is 5.32 Å². The van der Waals surface area contributed by atoms with E-state index in [1.165, 1.54) is 57.8 Å². The average Bonchev–Trinajstić information content (AvgIpc) is 3.16. The third kappa shape index (κ3) is 6.28. The molecule has 202 valence electrons. The van der Waals surface area contributed by atoms with E-state index in [1.807, 2.05) is 0 Å². The van der Waals surface area contributed by atoms with E-state index >= 15 is 0 Å². The van der Waals surface area contributed by atoms with Crippen molar-refractivity contribution in [2.45, 2.75) is 125 Å². The van der Waals surface area contributed by atoms with E-state index in [0.717, 1.165) is 48.9 Å². The number of carbonyl (C=O) groups excluding carboxylic acids is 1. The Morgan fingerprint density at radius 1 is 1.17 bits per heavy atom. The number of hydrogen-bond donors (Lipinski definition) is 2. The molecule has 0 aromatic heterocycles. The van der Waals surface area contributed by atoms with E-state index in [-0.39, 0.29) is 25.3 Å². The smallest absolute Gasteiger partial charge is 0.407 e. The molecular formula is C31H55NO3. The van der Waals surface area contributed by atoms with Crippen LogP contribution in [0.2, 0.25) is 0 Å². The summed E-state index contributed by atoms with van der Waals surface area (Å²) >= 11 is 0. The SMILES string of the molecule is CC1CCC2C3CC=C4CC(OC(=O)NCCO)CCC4(C)C3CCC12C.CCCCC(C)CC. The predicted octanol–water partition coefficient (Wildman–Crippen LogP) is 7.90. The van der Waals surface area contributed by atoms with Gasteiger partial charge >= 0.3 is 6.09 Å². The van der Waals surface area contributed by atoms with E-state index < -0.39 is 0 Å². The maximum Gasteiger partial charge on any atom is 0.407 e. The Morgan fingerprint density at radius 3 is 2.63 bits per heavy atom. The van der Waals surface area contributed by atoms with E-state index in [9.17, 15) is 4.79 Å². The Hall–Kier alpha value is -1.03. The number of amides is 1. The monoisotopic (exact) mass is 489 g/mol. The highest BCUT2D eigenvalue weighted by molar-refractivity contribution is 5.67. The molecule has 4 nitrogen and oxygen atoms in total. The number of hydrogen-bond acceptors (Lipinski definition) is 3. The van der Waals surface area contributed by atoms with Crippen molar-refractivity contribution >= 4 is 6.09 Å². The van der Waals surface area contributed by atoms with Crippen molar-refractivity contribution in [3.05, 3.63) is 11.6 Å². The first-order chi connectivity index (χ1) is 16.7. The first kappa shape index (κ1) is 28.5. The molecule has 4 aliphatic rings. The lowest BCUT2D eigenvalue weighted by Gasteiger charge is -2.58. The lowest BCUT2D eigenvalue weighted by atomic mass is 9.47. The van der Waals surface area contributed by atoms with Gasteiger partial charge < -0.3 is 15.2 Å². The van der Waals surface area contributed by atoms with E-state index in [4.69, 9.17) is 9.84 Å². The highest BCUT2D eigenvalue weighted by atomic mass is 16.6. The third-order valence-corrected chi connectivity index (χ3v) is 10.9. The molecule has 2 N–H and O–H groups in total. The Bertz CT molecular complexity index is 720. The van der Waals surface area contributed by atoms with Gasteiger partial charge in [0.05, 0.1) is 6.61 Å². The van der Waals surface area contributed by atoms with Crippen LogP contribution in [0.3, 0.4) is 0 Å². The van der Waals surface area contributed by atoms with Crippen LogP contribution >= 0.6 is 0 Å². The minimum Gasteiger partial charge on any atom is -0.446 e. The largest absolute Gasteiger partial charge is 0.446 e. The molecule has 3 fully saturated rings. The standard InChI is InChI=1S/C23H37NO3.C8H18/c1-15-4-7-19-18-6-5-16-14-17(27-21(26)24-12-13-25)8-10-23(16,3)20(18)9-11-22(15,19)2;1-4-6-7-8(3)5-2/h5,15,17-20,25H,4,6-14H2,1-3H3,(H,24,26);8H,4-7H2,1-3H3. The van der Waals surface area contributed by atoms with Gasteiger partial charge in [-0.2, -0.15) is 0 Å². The molecule has 0 aliphatic heterocycles. The van der Waals surface area contributed by atoms with Crippen LogP contribution in [0.5, 0.6) is 0 Å². The lowest BCUT2D eigenvalue weighted by Crippen LogP contribution is -2.50. The second-order valence-electron chi connectivity index (χ2n) is 12.9. The normalized spacial score (nSPS) is 38.6. The second-order valence-corrected chi connectivity index (χ2v) is 12.9. The van der Waals surface area contributed by atoms with Gasteiger partial charge in [0.1, 0.15) is 6.10 Å². The van der Waals surface area contributed by atoms with Crippen LogP contribution in [0.4, 0.5) is 4.79 Å². The first-order valence-corrected chi connectivity index (χ1v) is 14.9. The van der Waals surface area contributed by atoms with E-state index in [1.54, 1.807) is 5.57 Å². The zero-order valence-electron chi connectivity index (χ0n) is 23.7. The maximum absolute atomic E-state index is 11.9. The summed E-state index contributed by atoms with van der Waals surface area (Å²) in [6.07, 6.45) is 17.5. The van der Waals surface area contributed by atoms with Gasteiger partial charge in [0.2, 0.25) is 0 Å². The topological polar surface area (TPSA) is 58.6 Å². The number of ether oxygens (including phenoxy) is 1. The van der Waals surface area contributed by atoms with E-state index in [0.29, 0.717) is 10.8 Å². The van der Waals surface area contributed by atoms with Crippen LogP contribution in [0.15, 0.2) is 11.6 Å². The maximum atomic E-state index is 11.9. The fourth-order valence-corrected chi connectivity index (χ4v) is 8.10. The predicted molar refractivity (Wildman–Crippen MR) is 145 cm³/mol. The number of rotatable bonds is 7. The van der Waals surface area contributed by atoms with Crippen molar-refractivity contribution in [1.29, 1.82) is 0 Å². The zero-order valence-corrected chi connectivity index (χ0v) is 23.7. The summed E-state index contributed by atoms with van der Waals surface area (Å²) < 4.78 is 5.62. The zero-order chi connectivity index (χ0) is 25.6. The quantitative estimate of drug-likeness (QED) is 0.357. The van der Waals surface area contributed by atoms with Crippen LogP contribution in [-0.4, -0.2) is 30.5 Å². The van der Waals surface area contributed by atoms with E-state index in [2.05, 4.69) is 52.9 Å². The molecule has 0 heterocycles. The highest BCUT2D eigenvalue weighted by Gasteiger charge is 2.57. The van der Waals surface area contributed by atoms with Gasteiger partial charge in [0.25, 0.3) is 0 Å². The Kier molecular flexibility index (Phi) is 10.2. The van der Waals surface area contributed by atoms with Crippen molar-refractivity contribution < 1.29 is 14.6 Å². The lowest BCUT2D eigenvalue weighted by molar-refractivity contribution is -0.0486. The van der Waals surface area contributed by atoms with Crippen LogP contribution in [0, 0.1) is 40.4 Å². The molecule has 4 aliphatic carbocycles. The Morgan fingerprint density at radius 2 is 1.94 bits per heavy atom. The minimum absolute atomic E-state index is 0.0140. The third-order valence-electron chi connectivity index (χ3n) is 10.9. The summed E-state index contributed by atoms with van der Waals surface area (Å²) in [5, 5.41) is 11.4. The van der Waals surface area contributed by atoms with Crippen LogP contribution in [0.1, 0.15) is 119 Å². The average molecular weight is 490 g/mol. The van der Waals surface area contributed by atoms with Gasteiger partial charge in [-0.05, 0) is 85.4 Å². The summed E-state index contributed by atoms with van der Waals surface area (Å²) in [5.74, 6) is 4.40. The van der Waals surface area contributed by atoms with Gasteiger partial charge in [0, 0.05) is 13.0 Å². The van der Waals surface area contributed by atoms with Crippen molar-refractivity contribution in [2.24, 2.45) is 40.4 Å². The molecule has 0 saturated heterocycles. The van der Waals surface area contributed by atoms with Crippen molar-refractivity contribution in [3.63, 3.8) is 0 Å². The number of aliphatic hydroxyl groups excluding tert-OH is 1. The number of aliphatic hydroxyl groups is 1. The number of alkyl carbamates (subject to hydrolysis) is 1. The number of carbonyl (C=O) groups is 1. The molecule has 0 spiro atoms. The molecule has 8 atom stereocenters. The van der Waals surface area contributed by atoms with Gasteiger partial charge in [0.15, 0.2) is 0 Å². The number of allylic oxidation sites excluding steroid dienone is 1. The van der Waals surface area contributed by atoms with Gasteiger partial charge in [-0.25, -0.2) is 4.79 Å². The minimum atomic E-state index is -0.389.